The van der Waals surface area contributed by atoms with E-state index >= 15 is 0 Å². The number of rotatable bonds is 2. The van der Waals surface area contributed by atoms with Gasteiger partial charge >= 0.3 is 0 Å². The summed E-state index contributed by atoms with van der Waals surface area (Å²) < 4.78 is 5.79. The zero-order valence-corrected chi connectivity index (χ0v) is 9.01. The molecular weight excluding hydrogens is 208 g/mol. The van der Waals surface area contributed by atoms with E-state index in [0.717, 1.165) is 15.5 Å². The zero-order chi connectivity index (χ0) is 8.97. The van der Waals surface area contributed by atoms with Crippen molar-refractivity contribution in [2.24, 2.45) is 0 Å². The Morgan fingerprint density at radius 2 is 2.00 bits per heavy atom. The molecule has 0 fully saturated rings. The lowest BCUT2D eigenvalue weighted by atomic mass is 10.2. The smallest absolute Gasteiger partial charge is 0.118 e. The van der Waals surface area contributed by atoms with E-state index in [4.69, 9.17) is 17.0 Å². The van der Waals surface area contributed by atoms with Crippen LogP contribution in [0.5, 0.6) is 5.75 Å². The Morgan fingerprint density at radius 1 is 1.42 bits per heavy atom. The molecule has 0 spiro atoms. The molecule has 0 aromatic heterocycles. The fourth-order valence-electron chi connectivity index (χ4n) is 0.780. The van der Waals surface area contributed by atoms with Crippen LogP contribution in [0.25, 0.3) is 0 Å². The summed E-state index contributed by atoms with van der Waals surface area (Å²) in [5.74, 6) is 0.839. The molecule has 0 atom stereocenters. The molecule has 1 rings (SSSR count). The van der Waals surface area contributed by atoms with E-state index in [1.54, 1.807) is 7.11 Å². The number of thiocarbonyl (C=S) groups is 1. The van der Waals surface area contributed by atoms with E-state index in [1.165, 1.54) is 10.8 Å². The van der Waals surface area contributed by atoms with Crippen molar-refractivity contribution in [1.29, 1.82) is 0 Å². The Labute approximate surface area is 86.3 Å². The van der Waals surface area contributed by atoms with Crippen molar-refractivity contribution in [1.82, 2.24) is 0 Å². The molecule has 0 aliphatic carbocycles. The minimum absolute atomic E-state index is 0.779. The molecule has 1 aromatic carbocycles. The van der Waals surface area contributed by atoms with Gasteiger partial charge in [0.25, 0.3) is 0 Å². The highest BCUT2D eigenvalue weighted by Crippen LogP contribution is 2.19. The summed E-state index contributed by atoms with van der Waals surface area (Å²) in [5, 5.41) is 0. The summed E-state index contributed by atoms with van der Waals surface area (Å²) in [6.45, 7) is 0. The maximum absolute atomic E-state index is 5.05. The molecule has 1 aromatic rings. The van der Waals surface area contributed by atoms with Crippen molar-refractivity contribution in [3.8, 4) is 5.75 Å². The van der Waals surface area contributed by atoms with Gasteiger partial charge in [0.1, 0.15) is 5.75 Å². The van der Waals surface area contributed by atoms with Crippen LogP contribution in [0, 0.1) is 0 Å². The van der Waals surface area contributed by atoms with Crippen molar-refractivity contribution >= 4 is 38.9 Å². The predicted octanol–water partition coefficient (Wildman–Crippen LogP) is 2.95. The van der Waals surface area contributed by atoms with Crippen LogP contribution in [0.4, 0.5) is 0 Å². The molecule has 0 saturated carbocycles. The van der Waals surface area contributed by atoms with Crippen molar-refractivity contribution in [2.45, 2.75) is 0 Å². The highest BCUT2D eigenvalue weighted by atomic mass is 33.1. The van der Waals surface area contributed by atoms with Gasteiger partial charge in [-0.1, -0.05) is 12.2 Å². The van der Waals surface area contributed by atoms with Gasteiger partial charge in [0.15, 0.2) is 0 Å². The summed E-state index contributed by atoms with van der Waals surface area (Å²) in [6, 6.07) is 7.60. The summed E-state index contributed by atoms with van der Waals surface area (Å²) in [7, 11) is 2.92. The number of thiol groups is 1. The minimum atomic E-state index is 0.779. The van der Waals surface area contributed by atoms with Crippen LogP contribution in [0.2, 0.25) is 0 Å². The van der Waals surface area contributed by atoms with Gasteiger partial charge in [0.2, 0.25) is 0 Å². The second kappa shape index (κ2) is 4.74. The van der Waals surface area contributed by atoms with Gasteiger partial charge in [0, 0.05) is 5.56 Å². The van der Waals surface area contributed by atoms with Crippen molar-refractivity contribution in [2.75, 3.05) is 7.11 Å². The summed E-state index contributed by atoms with van der Waals surface area (Å²) in [5.41, 5.74) is 1.01. The Kier molecular flexibility index (Phi) is 3.91. The summed E-state index contributed by atoms with van der Waals surface area (Å²) >= 11 is 9.07. The lowest BCUT2D eigenvalue weighted by Crippen LogP contribution is -1.89. The molecule has 0 aliphatic heterocycles. The molecule has 0 amide bonds. The first-order valence-corrected chi connectivity index (χ1v) is 5.55. The lowest BCUT2D eigenvalue weighted by molar-refractivity contribution is 0.415. The molecule has 1 nitrogen and oxygen atoms in total. The average molecular weight is 216 g/mol. The predicted molar refractivity (Wildman–Crippen MR) is 61.3 cm³/mol. The van der Waals surface area contributed by atoms with Gasteiger partial charge in [-0.15, -0.1) is 11.7 Å². The molecule has 0 radical (unpaired) electrons. The molecule has 0 bridgehead atoms. The average Bonchev–Trinajstić information content (AvgIpc) is 2.17. The third kappa shape index (κ3) is 2.40. The fraction of sp³-hybridized carbons (Fsp3) is 0.125. The number of hydrogen-bond donors (Lipinski definition) is 1. The first-order valence-electron chi connectivity index (χ1n) is 3.27. The van der Waals surface area contributed by atoms with E-state index in [2.05, 4.69) is 11.7 Å². The largest absolute Gasteiger partial charge is 0.497 e. The molecular formula is C8H8OS3. The van der Waals surface area contributed by atoms with Gasteiger partial charge in [-0.2, -0.15) is 0 Å². The van der Waals surface area contributed by atoms with Crippen LogP contribution in [0.1, 0.15) is 5.56 Å². The van der Waals surface area contributed by atoms with E-state index in [0.29, 0.717) is 0 Å². The third-order valence-electron chi connectivity index (χ3n) is 1.41. The van der Waals surface area contributed by atoms with Crippen LogP contribution >= 0.6 is 34.7 Å². The molecule has 0 N–H and O–H groups in total. The molecule has 4 heteroatoms. The van der Waals surface area contributed by atoms with Crippen molar-refractivity contribution in [3.63, 3.8) is 0 Å². The SMILES string of the molecule is COc1ccc(C(=S)SS)cc1. The van der Waals surface area contributed by atoms with Gasteiger partial charge < -0.3 is 4.74 Å². The van der Waals surface area contributed by atoms with Crippen molar-refractivity contribution < 1.29 is 4.74 Å². The second-order valence-electron chi connectivity index (χ2n) is 2.11. The Morgan fingerprint density at radius 3 is 2.42 bits per heavy atom. The van der Waals surface area contributed by atoms with Crippen LogP contribution in [0.3, 0.4) is 0 Å². The monoisotopic (exact) mass is 216 g/mol. The Hall–Kier alpha value is -0.190. The van der Waals surface area contributed by atoms with Gasteiger partial charge in [-0.05, 0) is 35.1 Å². The maximum atomic E-state index is 5.05. The zero-order valence-electron chi connectivity index (χ0n) is 6.48. The Bertz CT molecular complexity index is 268. The van der Waals surface area contributed by atoms with Gasteiger partial charge in [0.05, 0.1) is 11.3 Å². The molecule has 0 heterocycles. The van der Waals surface area contributed by atoms with Crippen LogP contribution in [-0.4, -0.2) is 11.3 Å². The first-order chi connectivity index (χ1) is 5.77. The normalized spacial score (nSPS) is 9.50. The topological polar surface area (TPSA) is 9.23 Å². The minimum Gasteiger partial charge on any atom is -0.497 e. The molecule has 0 unspecified atom stereocenters. The fourth-order valence-corrected chi connectivity index (χ4v) is 1.47. The maximum Gasteiger partial charge on any atom is 0.118 e. The van der Waals surface area contributed by atoms with E-state index in [1.807, 2.05) is 24.3 Å². The number of benzene rings is 1. The summed E-state index contributed by atoms with van der Waals surface area (Å²) in [4.78, 5) is 0. The van der Waals surface area contributed by atoms with Crippen molar-refractivity contribution in [3.05, 3.63) is 29.8 Å². The lowest BCUT2D eigenvalue weighted by Gasteiger charge is -2.01. The first kappa shape index (κ1) is 9.89. The molecule has 64 valence electrons. The van der Waals surface area contributed by atoms with Crippen LogP contribution < -0.4 is 4.74 Å². The molecule has 12 heavy (non-hydrogen) atoms. The molecule has 0 aliphatic rings. The quantitative estimate of drug-likeness (QED) is 0.463. The third-order valence-corrected chi connectivity index (χ3v) is 3.21. The van der Waals surface area contributed by atoms with E-state index < -0.39 is 0 Å². The second-order valence-corrected chi connectivity index (χ2v) is 3.91. The van der Waals surface area contributed by atoms with Gasteiger partial charge in [-0.25, -0.2) is 0 Å². The number of ether oxygens (including phenoxy) is 1. The van der Waals surface area contributed by atoms with Crippen LogP contribution in [0.15, 0.2) is 24.3 Å². The van der Waals surface area contributed by atoms with E-state index in [9.17, 15) is 0 Å². The van der Waals surface area contributed by atoms with E-state index in [-0.39, 0.29) is 0 Å². The highest BCUT2D eigenvalue weighted by molar-refractivity contribution is 8.76. The molecule has 0 saturated heterocycles. The van der Waals surface area contributed by atoms with Gasteiger partial charge in [-0.3, -0.25) is 0 Å². The Balaban J connectivity index is 2.84. The standard InChI is InChI=1S/C8H8OS3/c1-9-7-4-2-6(3-5-7)8(10)12-11/h2-5,11H,1H3. The highest BCUT2D eigenvalue weighted by Gasteiger charge is 1.98. The number of methoxy groups -OCH3 is 1. The van der Waals surface area contributed by atoms with Crippen LogP contribution in [-0.2, 0) is 0 Å². The number of hydrogen-bond acceptors (Lipinski definition) is 4. The summed E-state index contributed by atoms with van der Waals surface area (Å²) in [6.07, 6.45) is 0.